The summed E-state index contributed by atoms with van der Waals surface area (Å²) in [6, 6.07) is 9.13. The first-order chi connectivity index (χ1) is 9.51. The van der Waals surface area contributed by atoms with Crippen LogP contribution in [0.5, 0.6) is 0 Å². The predicted molar refractivity (Wildman–Crippen MR) is 95.8 cm³/mol. The molecule has 0 radical (unpaired) electrons. The second-order valence-corrected chi connectivity index (χ2v) is 8.06. The monoisotopic (exact) mass is 415 g/mol. The van der Waals surface area contributed by atoms with Crippen LogP contribution in [0.3, 0.4) is 0 Å². The fourth-order valence-corrected chi connectivity index (χ4v) is 4.52. The highest BCUT2D eigenvalue weighted by atomic mass is 79.9. The van der Waals surface area contributed by atoms with Crippen molar-refractivity contribution in [2.45, 2.75) is 33.2 Å². The summed E-state index contributed by atoms with van der Waals surface area (Å²) in [5.41, 5.74) is 2.60. The quantitative estimate of drug-likeness (QED) is 0.632. The molecule has 4 heteroatoms. The van der Waals surface area contributed by atoms with Gasteiger partial charge >= 0.3 is 0 Å². The van der Waals surface area contributed by atoms with E-state index in [0.29, 0.717) is 0 Å². The van der Waals surface area contributed by atoms with Gasteiger partial charge in [-0.2, -0.15) is 0 Å². The third kappa shape index (κ3) is 3.94. The maximum absolute atomic E-state index is 3.67. The zero-order valence-electron chi connectivity index (χ0n) is 12.0. The molecule has 0 aliphatic carbocycles. The second kappa shape index (κ2) is 7.21. The first-order valence-corrected chi connectivity index (χ1v) is 9.17. The molecule has 0 bridgehead atoms. The Kier molecular flexibility index (Phi) is 5.84. The highest BCUT2D eigenvalue weighted by Crippen LogP contribution is 2.34. The molecule has 1 N–H and O–H groups in total. The molecule has 0 aliphatic heterocycles. The minimum absolute atomic E-state index is 0.265. The molecule has 1 nitrogen and oxygen atoms in total. The van der Waals surface area contributed by atoms with Crippen molar-refractivity contribution in [1.82, 2.24) is 5.32 Å². The van der Waals surface area contributed by atoms with Crippen molar-refractivity contribution in [2.24, 2.45) is 0 Å². The van der Waals surface area contributed by atoms with Gasteiger partial charge in [0.05, 0.1) is 6.04 Å². The molecule has 0 amide bonds. The smallest absolute Gasteiger partial charge is 0.0672 e. The van der Waals surface area contributed by atoms with Crippen LogP contribution >= 0.6 is 43.2 Å². The summed E-state index contributed by atoms with van der Waals surface area (Å²) in [7, 11) is 0. The molecule has 20 heavy (non-hydrogen) atoms. The van der Waals surface area contributed by atoms with E-state index in [1.807, 2.05) is 11.3 Å². The number of hydrogen-bond donors (Lipinski definition) is 1. The fourth-order valence-electron chi connectivity index (χ4n) is 2.23. The molecular formula is C16H19Br2NS. The molecule has 0 saturated carbocycles. The van der Waals surface area contributed by atoms with Crippen LogP contribution in [0.4, 0.5) is 0 Å². The average molecular weight is 417 g/mol. The third-order valence-electron chi connectivity index (χ3n) is 3.16. The van der Waals surface area contributed by atoms with E-state index in [2.05, 4.69) is 82.2 Å². The molecule has 0 saturated heterocycles. The number of thiophene rings is 1. The van der Waals surface area contributed by atoms with Crippen LogP contribution in [0.15, 0.2) is 33.2 Å². The van der Waals surface area contributed by atoms with Gasteiger partial charge in [0.15, 0.2) is 0 Å². The van der Waals surface area contributed by atoms with E-state index in [1.54, 1.807) is 0 Å². The van der Waals surface area contributed by atoms with Crippen LogP contribution in [0.25, 0.3) is 0 Å². The molecular weight excluding hydrogens is 398 g/mol. The van der Waals surface area contributed by atoms with Gasteiger partial charge in [-0.05, 0) is 72.1 Å². The van der Waals surface area contributed by atoms with Crippen LogP contribution in [0.1, 0.15) is 40.3 Å². The van der Waals surface area contributed by atoms with Crippen molar-refractivity contribution in [3.63, 3.8) is 0 Å². The summed E-state index contributed by atoms with van der Waals surface area (Å²) < 4.78 is 2.34. The van der Waals surface area contributed by atoms with Crippen LogP contribution in [0, 0.1) is 13.8 Å². The van der Waals surface area contributed by atoms with E-state index < -0.39 is 0 Å². The van der Waals surface area contributed by atoms with E-state index in [0.717, 1.165) is 17.4 Å². The van der Waals surface area contributed by atoms with Gasteiger partial charge in [0.1, 0.15) is 0 Å². The first-order valence-electron chi connectivity index (χ1n) is 6.77. The Morgan fingerprint density at radius 2 is 1.90 bits per heavy atom. The number of hydrogen-bond acceptors (Lipinski definition) is 2. The van der Waals surface area contributed by atoms with Gasteiger partial charge in [0, 0.05) is 18.7 Å². The van der Waals surface area contributed by atoms with Crippen molar-refractivity contribution in [2.75, 3.05) is 6.54 Å². The number of halogens is 2. The van der Waals surface area contributed by atoms with E-state index in [4.69, 9.17) is 0 Å². The summed E-state index contributed by atoms with van der Waals surface area (Å²) in [4.78, 5) is 2.69. The minimum Gasteiger partial charge on any atom is -0.306 e. The van der Waals surface area contributed by atoms with Crippen molar-refractivity contribution >= 4 is 43.2 Å². The summed E-state index contributed by atoms with van der Waals surface area (Å²) in [6.45, 7) is 7.51. The Morgan fingerprint density at radius 3 is 2.45 bits per heavy atom. The highest BCUT2D eigenvalue weighted by molar-refractivity contribution is 9.10. The average Bonchev–Trinajstić information content (AvgIpc) is 2.69. The maximum atomic E-state index is 3.67. The number of rotatable bonds is 5. The van der Waals surface area contributed by atoms with Gasteiger partial charge in [-0.1, -0.05) is 28.9 Å². The topological polar surface area (TPSA) is 12.0 Å². The van der Waals surface area contributed by atoms with E-state index in [-0.39, 0.29) is 6.04 Å². The lowest BCUT2D eigenvalue weighted by molar-refractivity contribution is 0.605. The standard InChI is InChI=1S/C16H19Br2NS/c1-4-5-19-16(15-9-14(18)11(3)20-15)12-6-10(2)7-13(17)8-12/h6-9,16,19H,4-5H2,1-3H3. The molecule has 0 fully saturated rings. The lowest BCUT2D eigenvalue weighted by Gasteiger charge is -2.18. The molecule has 2 aromatic rings. The summed E-state index contributed by atoms with van der Waals surface area (Å²) >= 11 is 9.09. The predicted octanol–water partition coefficient (Wildman–Crippen LogP) is 5.98. The zero-order valence-corrected chi connectivity index (χ0v) is 16.0. The Bertz CT molecular complexity index is 552. The van der Waals surface area contributed by atoms with Gasteiger partial charge < -0.3 is 5.32 Å². The lowest BCUT2D eigenvalue weighted by Crippen LogP contribution is -2.22. The van der Waals surface area contributed by atoms with E-state index in [9.17, 15) is 0 Å². The largest absolute Gasteiger partial charge is 0.306 e. The molecule has 2 rings (SSSR count). The van der Waals surface area contributed by atoms with E-state index in [1.165, 1.54) is 25.4 Å². The summed E-state index contributed by atoms with van der Waals surface area (Å²) in [5.74, 6) is 0. The van der Waals surface area contributed by atoms with Crippen LogP contribution < -0.4 is 5.32 Å². The summed E-state index contributed by atoms with van der Waals surface area (Å²) in [6.07, 6.45) is 1.13. The summed E-state index contributed by atoms with van der Waals surface area (Å²) in [5, 5.41) is 3.67. The second-order valence-electron chi connectivity index (χ2n) is 5.00. The molecule has 1 heterocycles. The van der Waals surface area contributed by atoms with Crippen LogP contribution in [0.2, 0.25) is 0 Å². The molecule has 1 unspecified atom stereocenters. The molecule has 0 aliphatic rings. The normalized spacial score (nSPS) is 12.7. The SMILES string of the molecule is CCCNC(c1cc(C)cc(Br)c1)c1cc(Br)c(C)s1. The number of nitrogens with one attached hydrogen (secondary N) is 1. The van der Waals surface area contributed by atoms with Gasteiger partial charge in [-0.3, -0.25) is 0 Å². The van der Waals surface area contributed by atoms with Crippen LogP contribution in [-0.4, -0.2) is 6.54 Å². The van der Waals surface area contributed by atoms with Crippen LogP contribution in [-0.2, 0) is 0 Å². The molecule has 108 valence electrons. The minimum atomic E-state index is 0.265. The van der Waals surface area contributed by atoms with Crippen molar-refractivity contribution in [3.8, 4) is 0 Å². The Hall–Kier alpha value is -0.160. The fraction of sp³-hybridized carbons (Fsp3) is 0.375. The molecule has 1 aromatic heterocycles. The molecule has 0 spiro atoms. The number of aryl methyl sites for hydroxylation is 2. The van der Waals surface area contributed by atoms with E-state index >= 15 is 0 Å². The Balaban J connectivity index is 2.40. The highest BCUT2D eigenvalue weighted by Gasteiger charge is 2.17. The lowest BCUT2D eigenvalue weighted by atomic mass is 10.0. The van der Waals surface area contributed by atoms with Crippen molar-refractivity contribution in [3.05, 3.63) is 54.1 Å². The van der Waals surface area contributed by atoms with Gasteiger partial charge in [0.25, 0.3) is 0 Å². The zero-order chi connectivity index (χ0) is 14.7. The van der Waals surface area contributed by atoms with Gasteiger partial charge in [-0.25, -0.2) is 0 Å². The van der Waals surface area contributed by atoms with Crippen molar-refractivity contribution in [1.29, 1.82) is 0 Å². The third-order valence-corrected chi connectivity index (χ3v) is 5.82. The Morgan fingerprint density at radius 1 is 1.15 bits per heavy atom. The van der Waals surface area contributed by atoms with Gasteiger partial charge in [-0.15, -0.1) is 11.3 Å². The molecule has 1 atom stereocenters. The van der Waals surface area contributed by atoms with Gasteiger partial charge in [0.2, 0.25) is 0 Å². The first kappa shape index (κ1) is 16.2. The maximum Gasteiger partial charge on any atom is 0.0672 e. The molecule has 1 aromatic carbocycles. The number of benzene rings is 1. The van der Waals surface area contributed by atoms with Crippen molar-refractivity contribution < 1.29 is 0 Å². The Labute approximate surface area is 142 Å².